The Labute approximate surface area is 119 Å². The van der Waals surface area contributed by atoms with Crippen LogP contribution in [0.15, 0.2) is 33.8 Å². The van der Waals surface area contributed by atoms with Crippen LogP contribution >= 0.6 is 28.1 Å². The van der Waals surface area contributed by atoms with Gasteiger partial charge < -0.3 is 11.1 Å². The van der Waals surface area contributed by atoms with Gasteiger partial charge in [0.1, 0.15) is 0 Å². The van der Waals surface area contributed by atoms with Crippen LogP contribution in [0, 0.1) is 0 Å². The zero-order valence-corrected chi connectivity index (χ0v) is 12.1. The van der Waals surface area contributed by atoms with E-state index < -0.39 is 0 Å². The second-order valence-electron chi connectivity index (χ2n) is 3.55. The number of hydrogen-bond donors (Lipinski definition) is 3. The van der Waals surface area contributed by atoms with Crippen LogP contribution in [0.4, 0.5) is 5.69 Å². The fourth-order valence-electron chi connectivity index (χ4n) is 1.16. The van der Waals surface area contributed by atoms with Gasteiger partial charge in [0.25, 0.3) is 0 Å². The summed E-state index contributed by atoms with van der Waals surface area (Å²) in [7, 11) is 0. The fourth-order valence-corrected chi connectivity index (χ4v) is 1.47. The Morgan fingerprint density at radius 1 is 1.44 bits per heavy atom. The molecule has 0 saturated heterocycles. The number of nitrogens with one attached hydrogen (secondary N) is 2. The van der Waals surface area contributed by atoms with Gasteiger partial charge in [-0.25, -0.2) is 0 Å². The number of carbonyl (C=O) groups is 1. The zero-order valence-electron chi connectivity index (χ0n) is 9.74. The first-order chi connectivity index (χ1) is 8.47. The summed E-state index contributed by atoms with van der Waals surface area (Å²) in [6, 6.07) is 7.32. The lowest BCUT2D eigenvalue weighted by Crippen LogP contribution is -2.26. The number of nitrogens with zero attached hydrogens (tertiary/aromatic N) is 1. The molecule has 0 heterocycles. The van der Waals surface area contributed by atoms with E-state index >= 15 is 0 Å². The molecule has 5 nitrogen and oxygen atoms in total. The minimum atomic E-state index is -0.150. The largest absolute Gasteiger partial charge is 0.375 e. The monoisotopic (exact) mass is 328 g/mol. The van der Waals surface area contributed by atoms with Crippen molar-refractivity contribution in [3.05, 3.63) is 28.7 Å². The summed E-state index contributed by atoms with van der Waals surface area (Å²) in [5, 5.41) is 6.68. The standard InChI is InChI=1S/C11H13BrN4OS/c1-7(15-16-11(13)18)6-10(17)14-9-4-2-8(12)3-5-9/h2-5H,6H2,1H3,(H,14,17)(H3,13,16,18)/b15-7-. The quantitative estimate of drug-likeness (QED) is 0.448. The van der Waals surface area contributed by atoms with Gasteiger partial charge in [0.2, 0.25) is 5.91 Å². The smallest absolute Gasteiger partial charge is 0.230 e. The number of halogens is 1. The van der Waals surface area contributed by atoms with Crippen LogP contribution in [0.25, 0.3) is 0 Å². The number of amides is 1. The zero-order chi connectivity index (χ0) is 13.5. The first-order valence-electron chi connectivity index (χ1n) is 5.11. The Kier molecular flexibility index (Phi) is 5.73. The average Bonchev–Trinajstić information content (AvgIpc) is 2.29. The minimum Gasteiger partial charge on any atom is -0.375 e. The molecule has 18 heavy (non-hydrogen) atoms. The summed E-state index contributed by atoms with van der Waals surface area (Å²) in [4.78, 5) is 11.7. The molecule has 0 saturated carbocycles. The third kappa shape index (κ3) is 5.74. The Morgan fingerprint density at radius 2 is 2.06 bits per heavy atom. The molecule has 1 amide bonds. The number of thiocarbonyl (C=S) groups is 1. The molecule has 0 bridgehead atoms. The van der Waals surface area contributed by atoms with E-state index in [-0.39, 0.29) is 17.4 Å². The van der Waals surface area contributed by atoms with E-state index in [0.717, 1.165) is 10.2 Å². The van der Waals surface area contributed by atoms with Crippen molar-refractivity contribution in [3.63, 3.8) is 0 Å². The van der Waals surface area contributed by atoms with Crippen molar-refractivity contribution in [1.29, 1.82) is 0 Å². The molecule has 0 aliphatic carbocycles. The molecule has 0 unspecified atom stereocenters. The molecular formula is C11H13BrN4OS. The van der Waals surface area contributed by atoms with Crippen molar-refractivity contribution in [2.45, 2.75) is 13.3 Å². The first-order valence-corrected chi connectivity index (χ1v) is 6.31. The maximum absolute atomic E-state index is 11.7. The predicted octanol–water partition coefficient (Wildman–Crippen LogP) is 1.99. The highest BCUT2D eigenvalue weighted by atomic mass is 79.9. The van der Waals surface area contributed by atoms with Crippen LogP contribution < -0.4 is 16.5 Å². The van der Waals surface area contributed by atoms with Gasteiger partial charge in [0.15, 0.2) is 5.11 Å². The Balaban J connectivity index is 2.49. The van der Waals surface area contributed by atoms with Crippen LogP contribution in [0.5, 0.6) is 0 Å². The van der Waals surface area contributed by atoms with Gasteiger partial charge in [0.05, 0.1) is 6.42 Å². The van der Waals surface area contributed by atoms with E-state index in [0.29, 0.717) is 5.71 Å². The highest BCUT2D eigenvalue weighted by molar-refractivity contribution is 9.10. The second kappa shape index (κ2) is 7.07. The van der Waals surface area contributed by atoms with Gasteiger partial charge in [-0.15, -0.1) is 0 Å². The molecule has 0 aliphatic heterocycles. The van der Waals surface area contributed by atoms with E-state index in [2.05, 4.69) is 44.0 Å². The molecule has 0 atom stereocenters. The lowest BCUT2D eigenvalue weighted by molar-refractivity contribution is -0.115. The van der Waals surface area contributed by atoms with Gasteiger partial charge in [-0.3, -0.25) is 10.2 Å². The normalized spacial score (nSPS) is 10.9. The Bertz CT molecular complexity index is 472. The highest BCUT2D eigenvalue weighted by Crippen LogP contribution is 2.14. The molecular weight excluding hydrogens is 316 g/mol. The Hall–Kier alpha value is -1.47. The molecule has 0 aromatic heterocycles. The van der Waals surface area contributed by atoms with Gasteiger partial charge >= 0.3 is 0 Å². The van der Waals surface area contributed by atoms with Crippen LogP contribution in [0.3, 0.4) is 0 Å². The van der Waals surface area contributed by atoms with Crippen molar-refractivity contribution >= 4 is 50.6 Å². The van der Waals surface area contributed by atoms with E-state index in [4.69, 9.17) is 5.73 Å². The SMILES string of the molecule is C/C(CC(=O)Nc1ccc(Br)cc1)=N/NC(N)=S. The second-order valence-corrected chi connectivity index (χ2v) is 4.91. The molecule has 0 aliphatic rings. The number of anilines is 1. The van der Waals surface area contributed by atoms with Gasteiger partial charge in [-0.05, 0) is 43.4 Å². The maximum atomic E-state index is 11.7. The lowest BCUT2D eigenvalue weighted by atomic mass is 10.2. The molecule has 0 radical (unpaired) electrons. The molecule has 1 aromatic carbocycles. The lowest BCUT2D eigenvalue weighted by Gasteiger charge is -2.05. The summed E-state index contributed by atoms with van der Waals surface area (Å²) >= 11 is 7.92. The van der Waals surface area contributed by atoms with Gasteiger partial charge in [-0.2, -0.15) is 5.10 Å². The fraction of sp³-hybridized carbons (Fsp3) is 0.182. The molecule has 4 N–H and O–H groups in total. The highest BCUT2D eigenvalue weighted by Gasteiger charge is 2.04. The maximum Gasteiger partial charge on any atom is 0.230 e. The number of rotatable bonds is 4. The van der Waals surface area contributed by atoms with Crippen molar-refractivity contribution in [3.8, 4) is 0 Å². The van der Waals surface area contributed by atoms with Crippen LogP contribution in [-0.4, -0.2) is 16.7 Å². The number of carbonyl (C=O) groups excluding carboxylic acids is 1. The Morgan fingerprint density at radius 3 is 2.61 bits per heavy atom. The minimum absolute atomic E-state index is 0.0719. The number of hydrazone groups is 1. The van der Waals surface area contributed by atoms with E-state index in [1.165, 1.54) is 0 Å². The van der Waals surface area contributed by atoms with E-state index in [9.17, 15) is 4.79 Å². The molecule has 96 valence electrons. The average molecular weight is 329 g/mol. The van der Waals surface area contributed by atoms with Crippen molar-refractivity contribution in [1.82, 2.24) is 5.43 Å². The summed E-state index contributed by atoms with van der Waals surface area (Å²) in [6.45, 7) is 1.71. The van der Waals surface area contributed by atoms with E-state index in [1.54, 1.807) is 6.92 Å². The molecule has 7 heteroatoms. The van der Waals surface area contributed by atoms with E-state index in [1.807, 2.05) is 24.3 Å². The summed E-state index contributed by atoms with van der Waals surface area (Å²) in [6.07, 6.45) is 0.172. The number of hydrogen-bond acceptors (Lipinski definition) is 3. The molecule has 0 fully saturated rings. The van der Waals surface area contributed by atoms with Crippen molar-refractivity contribution < 1.29 is 4.79 Å². The van der Waals surface area contributed by atoms with Gasteiger partial charge in [-0.1, -0.05) is 15.9 Å². The van der Waals surface area contributed by atoms with Crippen molar-refractivity contribution in [2.75, 3.05) is 5.32 Å². The number of benzene rings is 1. The molecule has 1 aromatic rings. The van der Waals surface area contributed by atoms with Crippen LogP contribution in [0.1, 0.15) is 13.3 Å². The first kappa shape index (κ1) is 14.6. The third-order valence-corrected chi connectivity index (χ3v) is 2.52. The third-order valence-electron chi connectivity index (χ3n) is 1.90. The summed E-state index contributed by atoms with van der Waals surface area (Å²) < 4.78 is 0.957. The molecule has 0 spiro atoms. The topological polar surface area (TPSA) is 79.5 Å². The molecule has 1 rings (SSSR count). The van der Waals surface area contributed by atoms with Crippen LogP contribution in [-0.2, 0) is 4.79 Å². The summed E-state index contributed by atoms with van der Waals surface area (Å²) in [5.41, 5.74) is 8.98. The van der Waals surface area contributed by atoms with Crippen molar-refractivity contribution in [2.24, 2.45) is 10.8 Å². The van der Waals surface area contributed by atoms with Crippen LogP contribution in [0.2, 0.25) is 0 Å². The van der Waals surface area contributed by atoms with Gasteiger partial charge in [0, 0.05) is 15.9 Å². The summed E-state index contributed by atoms with van der Waals surface area (Å²) in [5.74, 6) is -0.150. The number of nitrogens with two attached hydrogens (primary N) is 1. The predicted molar refractivity (Wildman–Crippen MR) is 80.4 cm³/mol.